The second kappa shape index (κ2) is 6.99. The molecule has 0 fully saturated rings. The summed E-state index contributed by atoms with van der Waals surface area (Å²) in [5.41, 5.74) is 5.69. The Kier molecular flexibility index (Phi) is 5.63. The minimum atomic E-state index is -4.63. The smallest absolute Gasteiger partial charge is 0.401 e. The molecule has 1 unspecified atom stereocenters. The Bertz CT molecular complexity index is 446. The zero-order valence-electron chi connectivity index (χ0n) is 10.7. The molecule has 1 atom stereocenters. The van der Waals surface area contributed by atoms with Crippen molar-refractivity contribution in [2.75, 3.05) is 13.7 Å². The lowest BCUT2D eigenvalue weighted by molar-refractivity contribution is -0.169. The van der Waals surface area contributed by atoms with Crippen molar-refractivity contribution < 1.29 is 27.9 Å². The van der Waals surface area contributed by atoms with Gasteiger partial charge in [0.1, 0.15) is 11.7 Å². The Labute approximate surface area is 113 Å². The molecule has 0 radical (unpaired) electrons. The molecule has 0 heterocycles. The maximum absolute atomic E-state index is 12.6. The lowest BCUT2D eigenvalue weighted by Crippen LogP contribution is -2.39. The van der Waals surface area contributed by atoms with Crippen LogP contribution in [0.2, 0.25) is 0 Å². The predicted octanol–water partition coefficient (Wildman–Crippen LogP) is 2.14. The molecule has 0 aromatic heterocycles. The van der Waals surface area contributed by atoms with Crippen LogP contribution in [0, 0.1) is 5.92 Å². The molecule has 0 aliphatic rings. The fourth-order valence-corrected chi connectivity index (χ4v) is 1.43. The van der Waals surface area contributed by atoms with Gasteiger partial charge in [0.05, 0.1) is 20.3 Å². The van der Waals surface area contributed by atoms with Gasteiger partial charge in [-0.2, -0.15) is 13.2 Å². The third-order valence-corrected chi connectivity index (χ3v) is 2.58. The largest absolute Gasteiger partial charge is 0.497 e. The van der Waals surface area contributed by atoms with Gasteiger partial charge in [-0.15, -0.1) is 0 Å². The molecule has 112 valence electrons. The van der Waals surface area contributed by atoms with Crippen molar-refractivity contribution in [2.45, 2.75) is 12.8 Å². The van der Waals surface area contributed by atoms with Crippen LogP contribution in [-0.2, 0) is 11.3 Å². The van der Waals surface area contributed by atoms with E-state index >= 15 is 0 Å². The summed E-state index contributed by atoms with van der Waals surface area (Å²) in [5.74, 6) is -2.42. The fraction of sp³-hybridized carbons (Fsp3) is 0.417. The van der Waals surface area contributed by atoms with Gasteiger partial charge >= 0.3 is 6.18 Å². The first-order valence-electron chi connectivity index (χ1n) is 5.63. The SMILES string of the molecule is COc1ccc(COCC(/C(N)=N/O)C(F)(F)F)cc1. The Morgan fingerprint density at radius 3 is 2.40 bits per heavy atom. The number of rotatable bonds is 6. The van der Waals surface area contributed by atoms with Crippen LogP contribution in [-0.4, -0.2) is 30.9 Å². The van der Waals surface area contributed by atoms with Crippen LogP contribution in [0.3, 0.4) is 0 Å². The van der Waals surface area contributed by atoms with E-state index in [9.17, 15) is 13.2 Å². The van der Waals surface area contributed by atoms with Crippen LogP contribution >= 0.6 is 0 Å². The highest BCUT2D eigenvalue weighted by molar-refractivity contribution is 5.83. The van der Waals surface area contributed by atoms with E-state index in [2.05, 4.69) is 5.16 Å². The van der Waals surface area contributed by atoms with Crippen LogP contribution in [0.5, 0.6) is 5.75 Å². The number of nitrogens with zero attached hydrogens (tertiary/aromatic N) is 1. The maximum atomic E-state index is 12.6. The molecule has 0 aliphatic carbocycles. The van der Waals surface area contributed by atoms with Gasteiger partial charge < -0.3 is 20.4 Å². The summed E-state index contributed by atoms with van der Waals surface area (Å²) in [7, 11) is 1.51. The molecule has 1 aromatic rings. The maximum Gasteiger partial charge on any atom is 0.401 e. The summed E-state index contributed by atoms with van der Waals surface area (Å²) in [4.78, 5) is 0. The van der Waals surface area contributed by atoms with Gasteiger partial charge in [-0.05, 0) is 17.7 Å². The zero-order chi connectivity index (χ0) is 15.2. The molecule has 5 nitrogen and oxygen atoms in total. The minimum Gasteiger partial charge on any atom is -0.497 e. The molecule has 0 spiro atoms. The Hall–Kier alpha value is -1.96. The van der Waals surface area contributed by atoms with Crippen LogP contribution < -0.4 is 10.5 Å². The summed E-state index contributed by atoms with van der Waals surface area (Å²) in [6.45, 7) is -0.735. The van der Waals surface area contributed by atoms with Gasteiger partial charge in [0.15, 0.2) is 5.84 Å². The number of nitrogens with two attached hydrogens (primary N) is 1. The van der Waals surface area contributed by atoms with Crippen molar-refractivity contribution in [3.05, 3.63) is 29.8 Å². The molecule has 0 amide bonds. The molecule has 0 saturated heterocycles. The second-order valence-corrected chi connectivity index (χ2v) is 3.98. The van der Waals surface area contributed by atoms with Gasteiger partial charge in [0.2, 0.25) is 0 Å². The summed E-state index contributed by atoms with van der Waals surface area (Å²) < 4.78 is 47.8. The van der Waals surface area contributed by atoms with Gasteiger partial charge in [0, 0.05) is 0 Å². The third kappa shape index (κ3) is 4.61. The summed E-state index contributed by atoms with van der Waals surface area (Å²) in [6.07, 6.45) is -4.63. The lowest BCUT2D eigenvalue weighted by atomic mass is 10.1. The van der Waals surface area contributed by atoms with Gasteiger partial charge in [-0.1, -0.05) is 17.3 Å². The van der Waals surface area contributed by atoms with Gasteiger partial charge in [-0.25, -0.2) is 0 Å². The van der Waals surface area contributed by atoms with E-state index < -0.39 is 24.5 Å². The summed E-state index contributed by atoms with van der Waals surface area (Å²) in [5, 5.41) is 10.7. The number of amidine groups is 1. The second-order valence-electron chi connectivity index (χ2n) is 3.98. The third-order valence-electron chi connectivity index (χ3n) is 2.58. The minimum absolute atomic E-state index is 0.0186. The molecule has 0 saturated carbocycles. The van der Waals surface area contributed by atoms with Crippen molar-refractivity contribution in [1.82, 2.24) is 0 Å². The van der Waals surface area contributed by atoms with E-state index in [-0.39, 0.29) is 6.61 Å². The van der Waals surface area contributed by atoms with Crippen LogP contribution in [0.15, 0.2) is 29.4 Å². The van der Waals surface area contributed by atoms with Crippen molar-refractivity contribution >= 4 is 5.84 Å². The van der Waals surface area contributed by atoms with E-state index in [1.54, 1.807) is 24.3 Å². The molecule has 1 aromatic carbocycles. The predicted molar refractivity (Wildman–Crippen MR) is 65.6 cm³/mol. The number of hydrogen-bond acceptors (Lipinski definition) is 4. The first-order valence-corrected chi connectivity index (χ1v) is 5.63. The normalized spacial score (nSPS) is 14.1. The van der Waals surface area contributed by atoms with Gasteiger partial charge in [-0.3, -0.25) is 0 Å². The lowest BCUT2D eigenvalue weighted by Gasteiger charge is -2.18. The van der Waals surface area contributed by atoms with E-state index in [0.717, 1.165) is 0 Å². The van der Waals surface area contributed by atoms with Crippen molar-refractivity contribution in [3.8, 4) is 5.75 Å². The zero-order valence-corrected chi connectivity index (χ0v) is 10.7. The number of halogens is 3. The average Bonchev–Trinajstić information content (AvgIpc) is 2.42. The molecular formula is C12H15F3N2O3. The molecule has 1 rings (SSSR count). The Balaban J connectivity index is 2.56. The van der Waals surface area contributed by atoms with Crippen molar-refractivity contribution in [3.63, 3.8) is 0 Å². The fourth-order valence-electron chi connectivity index (χ4n) is 1.43. The summed E-state index contributed by atoms with van der Waals surface area (Å²) >= 11 is 0. The molecule has 8 heteroatoms. The first-order chi connectivity index (χ1) is 9.38. The molecule has 3 N–H and O–H groups in total. The molecule has 20 heavy (non-hydrogen) atoms. The highest BCUT2D eigenvalue weighted by Crippen LogP contribution is 2.27. The Morgan fingerprint density at radius 1 is 1.35 bits per heavy atom. The highest BCUT2D eigenvalue weighted by atomic mass is 19.4. The monoisotopic (exact) mass is 292 g/mol. The van der Waals surface area contributed by atoms with Crippen LogP contribution in [0.1, 0.15) is 5.56 Å². The number of ether oxygens (including phenoxy) is 2. The van der Waals surface area contributed by atoms with E-state index in [0.29, 0.717) is 11.3 Å². The number of benzene rings is 1. The molecular weight excluding hydrogens is 277 g/mol. The van der Waals surface area contributed by atoms with E-state index in [4.69, 9.17) is 20.4 Å². The van der Waals surface area contributed by atoms with Crippen molar-refractivity contribution in [2.24, 2.45) is 16.8 Å². The molecule has 0 aliphatic heterocycles. The first kappa shape index (κ1) is 16.1. The molecule has 0 bridgehead atoms. The highest BCUT2D eigenvalue weighted by Gasteiger charge is 2.43. The standard InChI is InChI=1S/C12H15F3N2O3/c1-19-9-4-2-8(3-5-9)6-20-7-10(11(16)17-18)12(13,14)15/h2-5,10,18H,6-7H2,1H3,(H2,16,17). The number of methoxy groups -OCH3 is 1. The number of alkyl halides is 3. The van der Waals surface area contributed by atoms with Gasteiger partial charge in [0.25, 0.3) is 0 Å². The Morgan fingerprint density at radius 2 is 1.95 bits per heavy atom. The van der Waals surface area contributed by atoms with Crippen molar-refractivity contribution in [1.29, 1.82) is 0 Å². The van der Waals surface area contributed by atoms with E-state index in [1.165, 1.54) is 7.11 Å². The van der Waals surface area contributed by atoms with E-state index in [1.807, 2.05) is 0 Å². The topological polar surface area (TPSA) is 77.1 Å². The number of hydrogen-bond donors (Lipinski definition) is 2. The quantitative estimate of drug-likeness (QED) is 0.364. The van der Waals surface area contributed by atoms with Crippen LogP contribution in [0.4, 0.5) is 13.2 Å². The average molecular weight is 292 g/mol. The van der Waals surface area contributed by atoms with Crippen LogP contribution in [0.25, 0.3) is 0 Å². The summed E-state index contributed by atoms with van der Waals surface area (Å²) in [6, 6.07) is 6.68. The number of oxime groups is 1.